The number of carbonyl (C=O) groups is 1. The number of hydrogen-bond donors (Lipinski definition) is 1. The molecule has 1 aliphatic carbocycles. The highest BCUT2D eigenvalue weighted by Gasteiger charge is 2.32. The van der Waals surface area contributed by atoms with Gasteiger partial charge in [0.25, 0.3) is 0 Å². The molecule has 1 N–H and O–H groups in total. The minimum absolute atomic E-state index is 0.0286. The summed E-state index contributed by atoms with van der Waals surface area (Å²) in [4.78, 5) is 14.2. The van der Waals surface area contributed by atoms with Crippen molar-refractivity contribution < 1.29 is 13.2 Å². The van der Waals surface area contributed by atoms with E-state index in [0.29, 0.717) is 30.8 Å². The number of hydrogen-bond acceptors (Lipinski definition) is 4. The number of carbonyl (C=O) groups excluding carboxylic acids is 1. The number of rotatable bonds is 5. The molecule has 1 saturated heterocycles. The summed E-state index contributed by atoms with van der Waals surface area (Å²) >= 11 is 1.63. The standard InChI is InChI=1S/C23H28N2O3S2/c1-29-21-8-4-7-20(16-21)24-23(26)18-11-13-25(14-12-18)30(27,28)22-10-9-17-5-2-3-6-19(17)15-22/h4,7-10,15-16,18H,2-3,5-6,11-14H2,1H3,(H,24,26). The summed E-state index contributed by atoms with van der Waals surface area (Å²) in [5.41, 5.74) is 3.24. The number of piperidine rings is 1. The van der Waals surface area contributed by atoms with Gasteiger partial charge in [-0.1, -0.05) is 12.1 Å². The molecule has 2 aliphatic rings. The first-order chi connectivity index (χ1) is 14.5. The molecule has 5 nitrogen and oxygen atoms in total. The van der Waals surface area contributed by atoms with Crippen molar-refractivity contribution in [3.05, 3.63) is 53.6 Å². The van der Waals surface area contributed by atoms with Crippen LogP contribution in [0.2, 0.25) is 0 Å². The minimum atomic E-state index is -3.51. The highest BCUT2D eigenvalue weighted by atomic mass is 32.2. The molecule has 1 heterocycles. The normalized spacial score (nSPS) is 18.0. The van der Waals surface area contributed by atoms with E-state index < -0.39 is 10.0 Å². The first-order valence-corrected chi connectivity index (χ1v) is 13.2. The molecular formula is C23H28N2O3S2. The Labute approximate surface area is 183 Å². The second-order valence-electron chi connectivity index (χ2n) is 8.04. The van der Waals surface area contributed by atoms with Crippen molar-refractivity contribution in [2.24, 2.45) is 5.92 Å². The van der Waals surface area contributed by atoms with Crippen LogP contribution in [0.5, 0.6) is 0 Å². The molecule has 0 bridgehead atoms. The lowest BCUT2D eigenvalue weighted by molar-refractivity contribution is -0.120. The smallest absolute Gasteiger partial charge is 0.243 e. The van der Waals surface area contributed by atoms with Gasteiger partial charge in [-0.3, -0.25) is 4.79 Å². The van der Waals surface area contributed by atoms with E-state index in [9.17, 15) is 13.2 Å². The molecule has 2 aromatic rings. The molecule has 1 aliphatic heterocycles. The Balaban J connectivity index is 1.39. The van der Waals surface area contributed by atoms with Crippen LogP contribution in [0.3, 0.4) is 0 Å². The van der Waals surface area contributed by atoms with Crippen molar-refractivity contribution in [3.8, 4) is 0 Å². The quantitative estimate of drug-likeness (QED) is 0.697. The minimum Gasteiger partial charge on any atom is -0.326 e. The molecule has 30 heavy (non-hydrogen) atoms. The predicted molar refractivity (Wildman–Crippen MR) is 121 cm³/mol. The Hall–Kier alpha value is -1.83. The van der Waals surface area contributed by atoms with Crippen LogP contribution in [0.25, 0.3) is 0 Å². The van der Waals surface area contributed by atoms with Crippen LogP contribution in [-0.2, 0) is 27.7 Å². The zero-order valence-corrected chi connectivity index (χ0v) is 18.9. The molecule has 1 fully saturated rings. The zero-order chi connectivity index (χ0) is 21.1. The summed E-state index contributed by atoms with van der Waals surface area (Å²) in [6, 6.07) is 13.4. The molecule has 0 saturated carbocycles. The fourth-order valence-corrected chi connectivity index (χ4v) is 6.30. The number of benzene rings is 2. The molecule has 2 aromatic carbocycles. The summed E-state index contributed by atoms with van der Waals surface area (Å²) in [7, 11) is -3.51. The second kappa shape index (κ2) is 9.12. The Bertz CT molecular complexity index is 1030. The Morgan fingerprint density at radius 3 is 2.50 bits per heavy atom. The number of anilines is 1. The van der Waals surface area contributed by atoms with Crippen LogP contribution in [0.1, 0.15) is 36.8 Å². The van der Waals surface area contributed by atoms with Crippen molar-refractivity contribution in [3.63, 3.8) is 0 Å². The Morgan fingerprint density at radius 1 is 1.03 bits per heavy atom. The van der Waals surface area contributed by atoms with Gasteiger partial charge in [0.05, 0.1) is 4.90 Å². The molecular weight excluding hydrogens is 416 g/mol. The van der Waals surface area contributed by atoms with Gasteiger partial charge in [-0.05, 0) is 86.2 Å². The van der Waals surface area contributed by atoms with Crippen molar-refractivity contribution in [1.82, 2.24) is 4.31 Å². The topological polar surface area (TPSA) is 66.5 Å². The van der Waals surface area contributed by atoms with Crippen LogP contribution in [0, 0.1) is 5.92 Å². The zero-order valence-electron chi connectivity index (χ0n) is 17.3. The monoisotopic (exact) mass is 444 g/mol. The molecule has 4 rings (SSSR count). The highest BCUT2D eigenvalue weighted by molar-refractivity contribution is 7.98. The first-order valence-electron chi connectivity index (χ1n) is 10.5. The van der Waals surface area contributed by atoms with Crippen LogP contribution in [0.15, 0.2) is 52.3 Å². The van der Waals surface area contributed by atoms with Gasteiger partial charge in [-0.25, -0.2) is 8.42 Å². The maximum absolute atomic E-state index is 13.1. The molecule has 0 spiro atoms. The molecule has 7 heteroatoms. The van der Waals surface area contributed by atoms with E-state index in [-0.39, 0.29) is 11.8 Å². The predicted octanol–water partition coefficient (Wildman–Crippen LogP) is 4.33. The number of nitrogens with one attached hydrogen (secondary N) is 1. The lowest BCUT2D eigenvalue weighted by atomic mass is 9.92. The van der Waals surface area contributed by atoms with E-state index in [0.717, 1.165) is 29.8 Å². The van der Waals surface area contributed by atoms with Gasteiger partial charge >= 0.3 is 0 Å². The Morgan fingerprint density at radius 2 is 1.77 bits per heavy atom. The van der Waals surface area contributed by atoms with Crippen LogP contribution >= 0.6 is 11.8 Å². The van der Waals surface area contributed by atoms with E-state index in [1.54, 1.807) is 17.8 Å². The Kier molecular flexibility index (Phi) is 6.51. The third-order valence-corrected chi connectivity index (χ3v) is 8.74. The molecule has 0 atom stereocenters. The van der Waals surface area contributed by atoms with E-state index in [2.05, 4.69) is 5.32 Å². The number of amides is 1. The van der Waals surface area contributed by atoms with Crippen molar-refractivity contribution in [2.45, 2.75) is 48.3 Å². The van der Waals surface area contributed by atoms with Crippen molar-refractivity contribution in [1.29, 1.82) is 0 Å². The van der Waals surface area contributed by atoms with Gasteiger partial charge in [0.2, 0.25) is 15.9 Å². The fourth-order valence-electron chi connectivity index (χ4n) is 4.32. The molecule has 160 valence electrons. The number of thioether (sulfide) groups is 1. The second-order valence-corrected chi connectivity index (χ2v) is 10.9. The van der Waals surface area contributed by atoms with E-state index in [4.69, 9.17) is 0 Å². The lowest BCUT2D eigenvalue weighted by Gasteiger charge is -2.31. The maximum Gasteiger partial charge on any atom is 0.243 e. The summed E-state index contributed by atoms with van der Waals surface area (Å²) < 4.78 is 27.8. The SMILES string of the molecule is CSc1cccc(NC(=O)C2CCN(S(=O)(=O)c3ccc4c(c3)CCCC4)CC2)c1. The average Bonchev–Trinajstić information content (AvgIpc) is 2.79. The molecule has 0 aromatic heterocycles. The van der Waals surface area contributed by atoms with Gasteiger partial charge in [-0.15, -0.1) is 11.8 Å². The summed E-state index contributed by atoms with van der Waals surface area (Å²) in [5, 5.41) is 2.99. The largest absolute Gasteiger partial charge is 0.326 e. The summed E-state index contributed by atoms with van der Waals surface area (Å²) in [6.07, 6.45) is 7.37. The van der Waals surface area contributed by atoms with E-state index in [1.807, 2.05) is 42.7 Å². The van der Waals surface area contributed by atoms with Gasteiger partial charge < -0.3 is 5.32 Å². The lowest BCUT2D eigenvalue weighted by Crippen LogP contribution is -2.41. The number of sulfonamides is 1. The van der Waals surface area contributed by atoms with Crippen LogP contribution in [0.4, 0.5) is 5.69 Å². The highest BCUT2D eigenvalue weighted by Crippen LogP contribution is 2.29. The average molecular weight is 445 g/mol. The number of fused-ring (bicyclic) bond motifs is 1. The third-order valence-electron chi connectivity index (χ3n) is 6.12. The molecule has 1 amide bonds. The van der Waals surface area contributed by atoms with Gasteiger partial charge in [0.1, 0.15) is 0 Å². The van der Waals surface area contributed by atoms with Crippen LogP contribution in [-0.4, -0.2) is 38.0 Å². The number of aryl methyl sites for hydroxylation is 2. The third kappa shape index (κ3) is 4.58. The summed E-state index contributed by atoms with van der Waals surface area (Å²) in [6.45, 7) is 0.755. The molecule has 0 radical (unpaired) electrons. The van der Waals surface area contributed by atoms with Crippen LogP contribution < -0.4 is 5.32 Å². The molecule has 0 unspecified atom stereocenters. The maximum atomic E-state index is 13.1. The van der Waals surface area contributed by atoms with Crippen molar-refractivity contribution >= 4 is 33.4 Å². The fraction of sp³-hybridized carbons (Fsp3) is 0.435. The summed E-state index contributed by atoms with van der Waals surface area (Å²) in [5.74, 6) is -0.197. The van der Waals surface area contributed by atoms with Crippen molar-refractivity contribution in [2.75, 3.05) is 24.7 Å². The van der Waals surface area contributed by atoms with Gasteiger partial charge in [0.15, 0.2) is 0 Å². The number of nitrogens with zero attached hydrogens (tertiary/aromatic N) is 1. The van der Waals surface area contributed by atoms with Gasteiger partial charge in [-0.2, -0.15) is 4.31 Å². The van der Waals surface area contributed by atoms with E-state index >= 15 is 0 Å². The van der Waals surface area contributed by atoms with Gasteiger partial charge in [0, 0.05) is 29.6 Å². The van der Waals surface area contributed by atoms with E-state index in [1.165, 1.54) is 21.9 Å². The first kappa shape index (κ1) is 21.4.